The Morgan fingerprint density at radius 1 is 1.02 bits per heavy atom. The summed E-state index contributed by atoms with van der Waals surface area (Å²) in [7, 11) is 3.40. The second-order valence-electron chi connectivity index (χ2n) is 13.9. The van der Waals surface area contributed by atoms with E-state index in [1.165, 1.54) is 0 Å². The fourth-order valence-electron chi connectivity index (χ4n) is 6.42. The van der Waals surface area contributed by atoms with Gasteiger partial charge in [0.25, 0.3) is 5.91 Å². The maximum atomic E-state index is 14.6. The van der Waals surface area contributed by atoms with Gasteiger partial charge in [0.15, 0.2) is 5.82 Å². The summed E-state index contributed by atoms with van der Waals surface area (Å²) in [5.74, 6) is -0.0774. The number of amides is 3. The maximum absolute atomic E-state index is 14.6. The molecular weight excluding hydrogens is 574 g/mol. The van der Waals surface area contributed by atoms with Crippen LogP contribution in [0.25, 0.3) is 11.0 Å². The summed E-state index contributed by atoms with van der Waals surface area (Å²) < 4.78 is 18.6. The molecule has 0 bridgehead atoms. The van der Waals surface area contributed by atoms with Gasteiger partial charge in [-0.25, -0.2) is 9.78 Å². The first-order valence-corrected chi connectivity index (χ1v) is 16.5. The number of hydrogen-bond donors (Lipinski definition) is 0. The Kier molecular flexibility index (Phi) is 11.9. The topological polar surface area (TPSA) is 106 Å². The number of carbonyl (C=O) groups excluding carboxylic acids is 3. The number of aryl methyl sites for hydroxylation is 1. The standard InChI is InChI=1S/C34H53N5O6/c1-24(2)21-39(32(41)30-35-28-12-8-9-13-29(28)38(30)16-10-11-19-43-6)26-20-25(22-37(23-26)33(42)45-34(3,4)5)31(40)36-17-14-27(44-7)15-18-36/h8-9,12-13,24-27H,10-11,14-23H2,1-7H3/t25-,26+/m1/s1. The molecule has 0 radical (unpaired) electrons. The van der Waals surface area contributed by atoms with Crippen LogP contribution in [0.15, 0.2) is 24.3 Å². The number of nitrogens with zero attached hydrogens (tertiary/aromatic N) is 5. The van der Waals surface area contributed by atoms with Gasteiger partial charge in [-0.15, -0.1) is 0 Å². The van der Waals surface area contributed by atoms with Crippen molar-refractivity contribution in [2.45, 2.75) is 91.0 Å². The highest BCUT2D eigenvalue weighted by molar-refractivity contribution is 5.95. The Labute approximate surface area is 268 Å². The third-order valence-corrected chi connectivity index (χ3v) is 8.61. The summed E-state index contributed by atoms with van der Waals surface area (Å²) in [5, 5.41) is 0. The molecule has 11 nitrogen and oxygen atoms in total. The van der Waals surface area contributed by atoms with E-state index in [-0.39, 0.29) is 43.0 Å². The van der Waals surface area contributed by atoms with Gasteiger partial charge in [-0.05, 0) is 70.9 Å². The Bertz CT molecular complexity index is 1300. The first-order chi connectivity index (χ1) is 21.4. The van der Waals surface area contributed by atoms with E-state index in [9.17, 15) is 14.4 Å². The number of hydrogen-bond acceptors (Lipinski definition) is 7. The van der Waals surface area contributed by atoms with E-state index in [1.54, 1.807) is 19.1 Å². The van der Waals surface area contributed by atoms with Crippen LogP contribution in [0.5, 0.6) is 0 Å². The quantitative estimate of drug-likeness (QED) is 0.329. The molecule has 0 aliphatic carbocycles. The average Bonchev–Trinajstić information content (AvgIpc) is 3.38. The summed E-state index contributed by atoms with van der Waals surface area (Å²) in [4.78, 5) is 52.2. The molecular formula is C34H53N5O6. The van der Waals surface area contributed by atoms with Gasteiger partial charge >= 0.3 is 6.09 Å². The van der Waals surface area contributed by atoms with Crippen molar-refractivity contribution in [2.24, 2.45) is 11.8 Å². The smallest absolute Gasteiger partial charge is 0.410 e. The van der Waals surface area contributed by atoms with Crippen molar-refractivity contribution in [3.05, 3.63) is 30.1 Å². The molecule has 45 heavy (non-hydrogen) atoms. The number of rotatable bonds is 11. The van der Waals surface area contributed by atoms with E-state index in [0.717, 1.165) is 36.7 Å². The Morgan fingerprint density at radius 2 is 1.73 bits per heavy atom. The predicted molar refractivity (Wildman–Crippen MR) is 173 cm³/mol. The lowest BCUT2D eigenvalue weighted by molar-refractivity contribution is -0.140. The summed E-state index contributed by atoms with van der Waals surface area (Å²) in [5.41, 5.74) is 0.991. The molecule has 1 aromatic carbocycles. The molecule has 1 aromatic heterocycles. The number of ether oxygens (including phenoxy) is 3. The number of carbonyl (C=O) groups is 3. The van der Waals surface area contributed by atoms with Gasteiger partial charge in [0.05, 0.1) is 29.1 Å². The monoisotopic (exact) mass is 627 g/mol. The molecule has 250 valence electrons. The van der Waals surface area contributed by atoms with Gasteiger partial charge in [0.2, 0.25) is 5.91 Å². The van der Waals surface area contributed by atoms with Gasteiger partial charge in [-0.2, -0.15) is 0 Å². The molecule has 0 unspecified atom stereocenters. The van der Waals surface area contributed by atoms with Crippen LogP contribution in [0.2, 0.25) is 0 Å². The third-order valence-electron chi connectivity index (χ3n) is 8.61. The summed E-state index contributed by atoms with van der Waals surface area (Å²) in [6.45, 7) is 13.2. The number of aromatic nitrogens is 2. The van der Waals surface area contributed by atoms with E-state index < -0.39 is 17.6 Å². The molecule has 0 spiro atoms. The number of para-hydroxylation sites is 2. The average molecular weight is 628 g/mol. The van der Waals surface area contributed by atoms with Crippen molar-refractivity contribution in [3.63, 3.8) is 0 Å². The van der Waals surface area contributed by atoms with E-state index in [4.69, 9.17) is 19.2 Å². The molecule has 0 saturated carbocycles. The molecule has 3 heterocycles. The maximum Gasteiger partial charge on any atom is 0.410 e. The second-order valence-corrected chi connectivity index (χ2v) is 13.9. The lowest BCUT2D eigenvalue weighted by atomic mass is 9.90. The Balaban J connectivity index is 1.66. The number of benzene rings is 1. The van der Waals surface area contributed by atoms with Crippen LogP contribution in [-0.2, 0) is 25.5 Å². The van der Waals surface area contributed by atoms with Gasteiger partial charge in [0.1, 0.15) is 5.60 Å². The van der Waals surface area contributed by atoms with Gasteiger partial charge in [0, 0.05) is 60.1 Å². The highest BCUT2D eigenvalue weighted by Crippen LogP contribution is 2.29. The van der Waals surface area contributed by atoms with E-state index >= 15 is 0 Å². The van der Waals surface area contributed by atoms with Crippen molar-refractivity contribution in [3.8, 4) is 0 Å². The minimum Gasteiger partial charge on any atom is -0.444 e. The van der Waals surface area contributed by atoms with Crippen LogP contribution in [0.3, 0.4) is 0 Å². The molecule has 2 atom stereocenters. The number of fused-ring (bicyclic) bond motifs is 1. The van der Waals surface area contributed by atoms with Crippen LogP contribution < -0.4 is 0 Å². The summed E-state index contributed by atoms with van der Waals surface area (Å²) in [6.07, 6.45) is 3.43. The molecule has 11 heteroatoms. The van der Waals surface area contributed by atoms with Crippen molar-refractivity contribution < 1.29 is 28.6 Å². The van der Waals surface area contributed by atoms with E-state index in [0.29, 0.717) is 45.0 Å². The first kappa shape index (κ1) is 34.7. The molecule has 2 saturated heterocycles. The molecule has 2 aromatic rings. The highest BCUT2D eigenvalue weighted by Gasteiger charge is 2.42. The van der Waals surface area contributed by atoms with Gasteiger partial charge in [-0.1, -0.05) is 26.0 Å². The Morgan fingerprint density at radius 3 is 2.38 bits per heavy atom. The lowest BCUT2D eigenvalue weighted by Gasteiger charge is -2.44. The number of methoxy groups -OCH3 is 2. The van der Waals surface area contributed by atoms with Crippen molar-refractivity contribution in [1.29, 1.82) is 0 Å². The molecule has 0 N–H and O–H groups in total. The second kappa shape index (κ2) is 15.4. The SMILES string of the molecule is COCCCCn1c(C(=O)N(CC(C)C)[C@H]2C[C@@H](C(=O)N3CCC(OC)CC3)CN(C(=O)OC(C)(C)C)C2)nc2ccccc21. The number of likely N-dealkylation sites (tertiary alicyclic amines) is 2. The molecule has 4 rings (SSSR count). The zero-order chi connectivity index (χ0) is 32.7. The molecule has 2 aliphatic rings. The fourth-order valence-corrected chi connectivity index (χ4v) is 6.42. The van der Waals surface area contributed by atoms with Gasteiger partial charge in [-0.3, -0.25) is 9.59 Å². The zero-order valence-electron chi connectivity index (χ0n) is 28.3. The van der Waals surface area contributed by atoms with Crippen LogP contribution in [-0.4, -0.2) is 113 Å². The minimum atomic E-state index is -0.688. The fraction of sp³-hybridized carbons (Fsp3) is 0.706. The zero-order valence-corrected chi connectivity index (χ0v) is 28.3. The van der Waals surface area contributed by atoms with Gasteiger partial charge < -0.3 is 33.5 Å². The Hall–Kier alpha value is -3.18. The van der Waals surface area contributed by atoms with E-state index in [1.807, 2.05) is 59.4 Å². The van der Waals surface area contributed by atoms with Crippen molar-refractivity contribution in [2.75, 3.05) is 53.6 Å². The molecule has 2 fully saturated rings. The first-order valence-electron chi connectivity index (χ1n) is 16.5. The third kappa shape index (κ3) is 8.97. The van der Waals surface area contributed by atoms with Crippen LogP contribution in [0.4, 0.5) is 4.79 Å². The number of unbranched alkanes of at least 4 members (excludes halogenated alkanes) is 1. The van der Waals surface area contributed by atoms with Crippen molar-refractivity contribution >= 4 is 28.9 Å². The number of piperidine rings is 2. The number of imidazole rings is 1. The van der Waals surface area contributed by atoms with Crippen LogP contribution >= 0.6 is 0 Å². The lowest BCUT2D eigenvalue weighted by Crippen LogP contribution is -2.58. The molecule has 3 amide bonds. The van der Waals surface area contributed by atoms with E-state index in [2.05, 4.69) is 13.8 Å². The van der Waals surface area contributed by atoms with Crippen molar-refractivity contribution in [1.82, 2.24) is 24.3 Å². The minimum absolute atomic E-state index is 0.0186. The molecule has 2 aliphatic heterocycles. The summed E-state index contributed by atoms with van der Waals surface area (Å²) in [6, 6.07) is 7.43. The van der Waals surface area contributed by atoms with Crippen LogP contribution in [0.1, 0.15) is 77.3 Å². The highest BCUT2D eigenvalue weighted by atomic mass is 16.6. The predicted octanol–water partition coefficient (Wildman–Crippen LogP) is 4.82. The largest absolute Gasteiger partial charge is 0.444 e. The summed E-state index contributed by atoms with van der Waals surface area (Å²) >= 11 is 0. The van der Waals surface area contributed by atoms with Crippen LogP contribution in [0, 0.1) is 11.8 Å². The normalized spacial score (nSPS) is 19.7.